The summed E-state index contributed by atoms with van der Waals surface area (Å²) < 4.78 is 0. The lowest BCUT2D eigenvalue weighted by Gasteiger charge is -2.26. The van der Waals surface area contributed by atoms with Crippen molar-refractivity contribution in [3.8, 4) is 0 Å². The zero-order valence-corrected chi connectivity index (χ0v) is 11.9. The van der Waals surface area contributed by atoms with Gasteiger partial charge in [-0.1, -0.05) is 6.42 Å². The summed E-state index contributed by atoms with van der Waals surface area (Å²) in [5.74, 6) is 2.86. The van der Waals surface area contributed by atoms with Crippen LogP contribution in [0.15, 0.2) is 6.07 Å². The van der Waals surface area contributed by atoms with E-state index < -0.39 is 0 Å². The Bertz CT molecular complexity index is 485. The topological polar surface area (TPSA) is 67.1 Å². The molecule has 4 rings (SSSR count). The monoisotopic (exact) mass is 273 g/mol. The largest absolute Gasteiger partial charge is 0.368 e. The van der Waals surface area contributed by atoms with Crippen molar-refractivity contribution in [3.05, 3.63) is 11.8 Å². The van der Waals surface area contributed by atoms with Crippen molar-refractivity contribution in [1.29, 1.82) is 0 Å². The molecule has 5 nitrogen and oxygen atoms in total. The molecular formula is C15H23N5. The van der Waals surface area contributed by atoms with E-state index in [1.165, 1.54) is 32.1 Å². The molecule has 1 saturated carbocycles. The Morgan fingerprint density at radius 1 is 1.15 bits per heavy atom. The highest BCUT2D eigenvalue weighted by atomic mass is 15.3. The summed E-state index contributed by atoms with van der Waals surface area (Å²) in [5, 5.41) is 3.64. The molecule has 108 valence electrons. The highest BCUT2D eigenvalue weighted by molar-refractivity contribution is 5.46. The van der Waals surface area contributed by atoms with E-state index in [2.05, 4.69) is 26.3 Å². The predicted octanol–water partition coefficient (Wildman–Crippen LogP) is 1.51. The van der Waals surface area contributed by atoms with E-state index in [0.717, 1.165) is 37.1 Å². The van der Waals surface area contributed by atoms with Crippen molar-refractivity contribution in [3.63, 3.8) is 0 Å². The number of piperidine rings is 1. The summed E-state index contributed by atoms with van der Waals surface area (Å²) in [7, 11) is 0. The zero-order valence-electron chi connectivity index (χ0n) is 11.9. The van der Waals surface area contributed by atoms with Gasteiger partial charge >= 0.3 is 0 Å². The van der Waals surface area contributed by atoms with Crippen molar-refractivity contribution in [2.75, 3.05) is 30.3 Å². The molecule has 3 aliphatic rings. The Morgan fingerprint density at radius 2 is 2.05 bits per heavy atom. The average Bonchev–Trinajstić information content (AvgIpc) is 2.79. The second-order valence-electron chi connectivity index (χ2n) is 6.50. The van der Waals surface area contributed by atoms with Crippen LogP contribution >= 0.6 is 0 Å². The Morgan fingerprint density at radius 3 is 2.80 bits per heavy atom. The summed E-state index contributed by atoms with van der Waals surface area (Å²) >= 11 is 0. The lowest BCUT2D eigenvalue weighted by molar-refractivity contribution is 0.340. The summed E-state index contributed by atoms with van der Waals surface area (Å²) in [6.07, 6.45) is 6.46. The Kier molecular flexibility index (Phi) is 3.02. The van der Waals surface area contributed by atoms with E-state index in [4.69, 9.17) is 5.73 Å². The van der Waals surface area contributed by atoms with Crippen molar-refractivity contribution in [2.45, 2.75) is 44.1 Å². The molecule has 1 aromatic rings. The molecule has 20 heavy (non-hydrogen) atoms. The van der Waals surface area contributed by atoms with Gasteiger partial charge in [-0.25, -0.2) is 4.98 Å². The second-order valence-corrected chi connectivity index (χ2v) is 6.50. The highest BCUT2D eigenvalue weighted by Gasteiger charge is 2.35. The standard InChI is InChI=1S/C15H23N5/c16-15-18-12(10-3-1-4-10)7-14(19-15)20-8-11-5-2-6-17-13(11)9-20/h7,10-11,13,17H,1-6,8-9H2,(H2,16,18,19)/t11-,13-/m1/s1. The van der Waals surface area contributed by atoms with E-state index >= 15 is 0 Å². The zero-order chi connectivity index (χ0) is 13.5. The summed E-state index contributed by atoms with van der Waals surface area (Å²) in [6.45, 7) is 3.33. The number of aromatic nitrogens is 2. The predicted molar refractivity (Wildman–Crippen MR) is 79.8 cm³/mol. The van der Waals surface area contributed by atoms with Gasteiger partial charge in [-0.3, -0.25) is 0 Å². The summed E-state index contributed by atoms with van der Waals surface area (Å²) in [5.41, 5.74) is 7.08. The number of nitrogens with one attached hydrogen (secondary N) is 1. The molecule has 0 spiro atoms. The van der Waals surface area contributed by atoms with Crippen LogP contribution in [0.2, 0.25) is 0 Å². The van der Waals surface area contributed by atoms with Gasteiger partial charge in [0.1, 0.15) is 5.82 Å². The molecule has 1 aliphatic carbocycles. The fourth-order valence-electron chi connectivity index (χ4n) is 3.78. The minimum absolute atomic E-state index is 0.437. The van der Waals surface area contributed by atoms with E-state index in [9.17, 15) is 0 Å². The highest BCUT2D eigenvalue weighted by Crippen LogP contribution is 2.37. The molecule has 2 aliphatic heterocycles. The molecule has 3 N–H and O–H groups in total. The molecule has 0 aromatic carbocycles. The number of hydrogen-bond donors (Lipinski definition) is 2. The fourth-order valence-corrected chi connectivity index (χ4v) is 3.78. The van der Waals surface area contributed by atoms with Gasteiger partial charge in [0.25, 0.3) is 0 Å². The lowest BCUT2D eigenvalue weighted by Crippen LogP contribution is -2.40. The first-order chi connectivity index (χ1) is 9.79. The Labute approximate surface area is 120 Å². The first-order valence-corrected chi connectivity index (χ1v) is 7.92. The third kappa shape index (κ3) is 2.14. The molecule has 5 heteroatoms. The first-order valence-electron chi connectivity index (χ1n) is 7.92. The smallest absolute Gasteiger partial charge is 0.222 e. The quantitative estimate of drug-likeness (QED) is 0.855. The third-order valence-electron chi connectivity index (χ3n) is 5.20. The maximum Gasteiger partial charge on any atom is 0.222 e. The Hall–Kier alpha value is -1.36. The van der Waals surface area contributed by atoms with Crippen molar-refractivity contribution in [1.82, 2.24) is 15.3 Å². The molecule has 2 atom stereocenters. The third-order valence-corrected chi connectivity index (χ3v) is 5.20. The number of fused-ring (bicyclic) bond motifs is 1. The molecule has 0 amide bonds. The van der Waals surface area contributed by atoms with Gasteiger partial charge < -0.3 is 16.0 Å². The first kappa shape index (κ1) is 12.4. The van der Waals surface area contributed by atoms with Crippen LogP contribution < -0.4 is 16.0 Å². The van der Waals surface area contributed by atoms with Crippen molar-refractivity contribution in [2.24, 2.45) is 5.92 Å². The van der Waals surface area contributed by atoms with Crippen molar-refractivity contribution >= 4 is 11.8 Å². The molecule has 0 bridgehead atoms. The minimum Gasteiger partial charge on any atom is -0.368 e. The van der Waals surface area contributed by atoms with Crippen LogP contribution in [0.4, 0.5) is 11.8 Å². The maximum atomic E-state index is 5.93. The molecule has 3 heterocycles. The van der Waals surface area contributed by atoms with E-state index in [-0.39, 0.29) is 0 Å². The molecule has 0 unspecified atom stereocenters. The minimum atomic E-state index is 0.437. The van der Waals surface area contributed by atoms with Crippen LogP contribution in [-0.4, -0.2) is 35.6 Å². The Balaban J connectivity index is 1.57. The summed E-state index contributed by atoms with van der Waals surface area (Å²) in [4.78, 5) is 11.3. The van der Waals surface area contributed by atoms with Crippen LogP contribution in [0.3, 0.4) is 0 Å². The normalized spacial score (nSPS) is 30.1. The van der Waals surface area contributed by atoms with Gasteiger partial charge in [0, 0.05) is 31.1 Å². The lowest BCUT2D eigenvalue weighted by atomic mass is 9.83. The van der Waals surface area contributed by atoms with Crippen LogP contribution in [0.5, 0.6) is 0 Å². The van der Waals surface area contributed by atoms with Gasteiger partial charge in [-0.05, 0) is 38.1 Å². The van der Waals surface area contributed by atoms with Crippen LogP contribution in [0, 0.1) is 5.92 Å². The van der Waals surface area contributed by atoms with E-state index in [1.54, 1.807) is 0 Å². The SMILES string of the molecule is Nc1nc(C2CCC2)cc(N2C[C@H]3CCCN[C@@H]3C2)n1. The number of nitrogen functional groups attached to an aromatic ring is 1. The molecular weight excluding hydrogens is 250 g/mol. The van der Waals surface area contributed by atoms with E-state index in [0.29, 0.717) is 17.9 Å². The average molecular weight is 273 g/mol. The van der Waals surface area contributed by atoms with Crippen LogP contribution in [-0.2, 0) is 0 Å². The summed E-state index contributed by atoms with van der Waals surface area (Å²) in [6, 6.07) is 2.81. The van der Waals surface area contributed by atoms with Gasteiger partial charge in [-0.2, -0.15) is 4.98 Å². The fraction of sp³-hybridized carbons (Fsp3) is 0.733. The number of nitrogens with two attached hydrogens (primary N) is 1. The van der Waals surface area contributed by atoms with Crippen LogP contribution in [0.1, 0.15) is 43.7 Å². The van der Waals surface area contributed by atoms with Gasteiger partial charge in [-0.15, -0.1) is 0 Å². The number of anilines is 2. The van der Waals surface area contributed by atoms with Crippen molar-refractivity contribution < 1.29 is 0 Å². The van der Waals surface area contributed by atoms with E-state index in [1.807, 2.05) is 0 Å². The molecule has 3 fully saturated rings. The van der Waals surface area contributed by atoms with Gasteiger partial charge in [0.15, 0.2) is 0 Å². The van der Waals surface area contributed by atoms with Gasteiger partial charge in [0.05, 0.1) is 5.69 Å². The van der Waals surface area contributed by atoms with Gasteiger partial charge in [0.2, 0.25) is 5.95 Å². The number of hydrogen-bond acceptors (Lipinski definition) is 5. The maximum absolute atomic E-state index is 5.93. The second kappa shape index (κ2) is 4.88. The molecule has 0 radical (unpaired) electrons. The molecule has 1 aromatic heterocycles. The molecule has 2 saturated heterocycles. The van der Waals surface area contributed by atoms with Crippen LogP contribution in [0.25, 0.3) is 0 Å². The number of nitrogens with zero attached hydrogens (tertiary/aromatic N) is 3. The number of rotatable bonds is 2.